The third-order valence-electron chi connectivity index (χ3n) is 5.51. The van der Waals surface area contributed by atoms with Crippen LogP contribution in [0.3, 0.4) is 0 Å². The highest BCUT2D eigenvalue weighted by atomic mass is 32.1. The van der Waals surface area contributed by atoms with Gasteiger partial charge in [0.25, 0.3) is 5.91 Å². The molecule has 0 bridgehead atoms. The molecule has 0 aliphatic carbocycles. The number of carbonyl (C=O) groups is 1. The summed E-state index contributed by atoms with van der Waals surface area (Å²) in [4.78, 5) is 19.1. The van der Waals surface area contributed by atoms with Gasteiger partial charge in [0, 0.05) is 29.6 Å². The van der Waals surface area contributed by atoms with Crippen LogP contribution in [0.15, 0.2) is 39.5 Å². The number of hydrogen-bond acceptors (Lipinski definition) is 9. The molecule has 4 heterocycles. The summed E-state index contributed by atoms with van der Waals surface area (Å²) in [5, 5.41) is 15.1. The second kappa shape index (κ2) is 8.58. The molecule has 0 unspecified atom stereocenters. The molecule has 1 aromatic carbocycles. The Bertz CT molecular complexity index is 1250. The van der Waals surface area contributed by atoms with Crippen LogP contribution in [0.5, 0.6) is 17.2 Å². The normalized spacial score (nSPS) is 13.6. The van der Waals surface area contributed by atoms with Gasteiger partial charge in [0.1, 0.15) is 5.69 Å². The van der Waals surface area contributed by atoms with Gasteiger partial charge in [-0.15, -0.1) is 0 Å². The lowest BCUT2D eigenvalue weighted by Gasteiger charge is -2.36. The Morgan fingerprint density at radius 3 is 2.52 bits per heavy atom. The predicted molar refractivity (Wildman–Crippen MR) is 120 cm³/mol. The summed E-state index contributed by atoms with van der Waals surface area (Å²) in [6.07, 6.45) is 0. The molecule has 4 aromatic rings. The average molecular weight is 468 g/mol. The standard InChI is InChI=1S/C22H21N5O5S/c1-29-17-6-13(7-18(30-2)19(17)31-3)15-8-16(25-24-15)22(28)27-9-14(10-27)21-23-20(26-32-21)12-4-5-33-11-12/h4-8,11,14H,9-10H2,1-3H3,(H,24,25). The van der Waals surface area contributed by atoms with Crippen molar-refractivity contribution < 1.29 is 23.5 Å². The Labute approximate surface area is 193 Å². The van der Waals surface area contributed by atoms with Gasteiger partial charge in [-0.25, -0.2) is 0 Å². The first kappa shape index (κ1) is 21.0. The van der Waals surface area contributed by atoms with Crippen molar-refractivity contribution in [3.8, 4) is 39.9 Å². The van der Waals surface area contributed by atoms with E-state index < -0.39 is 0 Å². The quantitative estimate of drug-likeness (QED) is 0.439. The van der Waals surface area contributed by atoms with E-state index in [0.717, 1.165) is 11.1 Å². The van der Waals surface area contributed by atoms with Crippen molar-refractivity contribution in [3.63, 3.8) is 0 Å². The van der Waals surface area contributed by atoms with Crippen molar-refractivity contribution in [2.24, 2.45) is 0 Å². The topological polar surface area (TPSA) is 116 Å². The SMILES string of the molecule is COc1cc(-c2cc(C(=O)N3CC(c4nc(-c5ccsc5)no4)C3)[nH]n2)cc(OC)c1OC. The van der Waals surface area contributed by atoms with E-state index in [1.54, 1.807) is 55.8 Å². The number of thiophene rings is 1. The van der Waals surface area contributed by atoms with Crippen molar-refractivity contribution >= 4 is 17.2 Å². The molecule has 0 radical (unpaired) electrons. The van der Waals surface area contributed by atoms with Gasteiger partial charge in [-0.1, -0.05) is 5.16 Å². The Morgan fingerprint density at radius 2 is 1.88 bits per heavy atom. The summed E-state index contributed by atoms with van der Waals surface area (Å²) in [5.41, 5.74) is 2.64. The highest BCUT2D eigenvalue weighted by Crippen LogP contribution is 2.41. The number of amides is 1. The molecule has 33 heavy (non-hydrogen) atoms. The monoisotopic (exact) mass is 467 g/mol. The van der Waals surface area contributed by atoms with Gasteiger partial charge in [-0.2, -0.15) is 21.4 Å². The van der Waals surface area contributed by atoms with Crippen LogP contribution in [0.25, 0.3) is 22.6 Å². The van der Waals surface area contributed by atoms with E-state index in [1.165, 1.54) is 0 Å². The van der Waals surface area contributed by atoms with E-state index in [9.17, 15) is 4.79 Å². The van der Waals surface area contributed by atoms with Crippen molar-refractivity contribution in [2.45, 2.75) is 5.92 Å². The minimum atomic E-state index is -0.144. The van der Waals surface area contributed by atoms with Crippen LogP contribution in [0.2, 0.25) is 0 Å². The van der Waals surface area contributed by atoms with Crippen LogP contribution >= 0.6 is 11.3 Å². The first-order valence-corrected chi connectivity index (χ1v) is 11.1. The fraction of sp³-hybridized carbons (Fsp3) is 0.273. The number of likely N-dealkylation sites (tertiary alicyclic amines) is 1. The lowest BCUT2D eigenvalue weighted by atomic mass is 9.99. The fourth-order valence-electron chi connectivity index (χ4n) is 3.69. The minimum absolute atomic E-state index is 0.0198. The molecular formula is C22H21N5O5S. The van der Waals surface area contributed by atoms with Gasteiger partial charge < -0.3 is 23.6 Å². The zero-order valence-corrected chi connectivity index (χ0v) is 19.0. The molecule has 170 valence electrons. The summed E-state index contributed by atoms with van der Waals surface area (Å²) in [6, 6.07) is 7.22. The third kappa shape index (κ3) is 3.80. The third-order valence-corrected chi connectivity index (χ3v) is 6.19. The Morgan fingerprint density at radius 1 is 1.12 bits per heavy atom. The predicted octanol–water partition coefficient (Wildman–Crippen LogP) is 3.45. The summed E-state index contributed by atoms with van der Waals surface area (Å²) in [6.45, 7) is 1.01. The van der Waals surface area contributed by atoms with Crippen molar-refractivity contribution in [3.05, 3.63) is 46.6 Å². The number of benzene rings is 1. The number of ether oxygens (including phenoxy) is 3. The summed E-state index contributed by atoms with van der Waals surface area (Å²) < 4.78 is 21.6. The Balaban J connectivity index is 1.28. The van der Waals surface area contributed by atoms with Gasteiger partial charge in [-0.3, -0.25) is 9.89 Å². The van der Waals surface area contributed by atoms with Crippen LogP contribution in [-0.2, 0) is 0 Å². The highest BCUT2D eigenvalue weighted by molar-refractivity contribution is 7.08. The molecule has 0 saturated carbocycles. The molecular weight excluding hydrogens is 446 g/mol. The average Bonchev–Trinajstić information content (AvgIpc) is 3.58. The molecule has 5 rings (SSSR count). The lowest BCUT2D eigenvalue weighted by molar-refractivity contribution is 0.0563. The van der Waals surface area contributed by atoms with Crippen molar-refractivity contribution in [1.29, 1.82) is 0 Å². The molecule has 1 aliphatic rings. The maximum Gasteiger partial charge on any atom is 0.271 e. The molecule has 1 N–H and O–H groups in total. The molecule has 3 aromatic heterocycles. The second-order valence-corrected chi connectivity index (χ2v) is 8.24. The number of hydrogen-bond donors (Lipinski definition) is 1. The van der Waals surface area contributed by atoms with Gasteiger partial charge in [-0.05, 0) is 29.6 Å². The van der Waals surface area contributed by atoms with Crippen LogP contribution in [0.1, 0.15) is 22.3 Å². The number of rotatable bonds is 7. The molecule has 1 fully saturated rings. The number of carbonyl (C=O) groups excluding carboxylic acids is 1. The largest absolute Gasteiger partial charge is 0.493 e. The van der Waals surface area contributed by atoms with Crippen LogP contribution in [0.4, 0.5) is 0 Å². The molecule has 10 nitrogen and oxygen atoms in total. The number of nitrogens with zero attached hydrogens (tertiary/aromatic N) is 4. The summed E-state index contributed by atoms with van der Waals surface area (Å²) in [5.74, 6) is 2.50. The van der Waals surface area contributed by atoms with Gasteiger partial charge in [0.15, 0.2) is 11.5 Å². The number of aromatic nitrogens is 4. The van der Waals surface area contributed by atoms with Crippen LogP contribution in [-0.4, -0.2) is 65.6 Å². The summed E-state index contributed by atoms with van der Waals surface area (Å²) in [7, 11) is 4.64. The number of methoxy groups -OCH3 is 3. The maximum atomic E-state index is 12.9. The molecule has 1 aliphatic heterocycles. The van der Waals surface area contributed by atoms with Gasteiger partial charge >= 0.3 is 0 Å². The minimum Gasteiger partial charge on any atom is -0.493 e. The van der Waals surface area contributed by atoms with Crippen LogP contribution in [0, 0.1) is 0 Å². The van der Waals surface area contributed by atoms with Crippen molar-refractivity contribution in [2.75, 3.05) is 34.4 Å². The van der Waals surface area contributed by atoms with Gasteiger partial charge in [0.2, 0.25) is 17.5 Å². The lowest BCUT2D eigenvalue weighted by Crippen LogP contribution is -2.48. The fourth-order valence-corrected chi connectivity index (χ4v) is 4.32. The maximum absolute atomic E-state index is 12.9. The van der Waals surface area contributed by atoms with E-state index in [0.29, 0.717) is 53.4 Å². The van der Waals surface area contributed by atoms with E-state index in [1.807, 2.05) is 16.8 Å². The second-order valence-electron chi connectivity index (χ2n) is 7.46. The molecule has 1 saturated heterocycles. The van der Waals surface area contributed by atoms with E-state index >= 15 is 0 Å². The molecule has 1 amide bonds. The molecule has 0 spiro atoms. The zero-order valence-electron chi connectivity index (χ0n) is 18.2. The molecule has 0 atom stereocenters. The van der Waals surface area contributed by atoms with Crippen LogP contribution < -0.4 is 14.2 Å². The Kier molecular flexibility index (Phi) is 5.47. The number of H-pyrrole nitrogens is 1. The first-order chi connectivity index (χ1) is 16.1. The van der Waals surface area contributed by atoms with E-state index in [2.05, 4.69) is 20.3 Å². The number of aromatic amines is 1. The number of nitrogens with one attached hydrogen (secondary N) is 1. The molecule has 11 heteroatoms. The van der Waals surface area contributed by atoms with Gasteiger partial charge in [0.05, 0.1) is 32.9 Å². The zero-order chi connectivity index (χ0) is 22.9. The van der Waals surface area contributed by atoms with E-state index in [4.69, 9.17) is 18.7 Å². The summed E-state index contributed by atoms with van der Waals surface area (Å²) >= 11 is 1.58. The highest BCUT2D eigenvalue weighted by Gasteiger charge is 2.36. The Hall–Kier alpha value is -3.86. The smallest absolute Gasteiger partial charge is 0.271 e. The first-order valence-electron chi connectivity index (χ1n) is 10.1. The van der Waals surface area contributed by atoms with E-state index in [-0.39, 0.29) is 11.8 Å². The van der Waals surface area contributed by atoms with Crippen molar-refractivity contribution in [1.82, 2.24) is 25.2 Å².